The molecule has 2 atom stereocenters. The standard InChI is InChI=1S/C33H38N4O2/c1-3-29(36(22-19-27-13-7-9-20-34-27)32(38)26-17-15-24(2)16-18-26)31-28(23-25-11-5-4-6-12-25)33(39)37-21-10-8-14-30(37)35-31/h4-6,8,10-12,14-18,21,27,29,34H,3,7,9,13,19-20,22-23H2,1-2H3. The molecule has 0 spiro atoms. The van der Waals surface area contributed by atoms with Gasteiger partial charge in [-0.05, 0) is 69.0 Å². The van der Waals surface area contributed by atoms with Gasteiger partial charge in [-0.25, -0.2) is 4.98 Å². The van der Waals surface area contributed by atoms with Gasteiger partial charge >= 0.3 is 0 Å². The van der Waals surface area contributed by atoms with E-state index in [9.17, 15) is 9.59 Å². The number of benzene rings is 2. The largest absolute Gasteiger partial charge is 0.330 e. The van der Waals surface area contributed by atoms with Crippen molar-refractivity contribution < 1.29 is 4.79 Å². The Labute approximate surface area is 230 Å². The van der Waals surface area contributed by atoms with Crippen LogP contribution in [0.4, 0.5) is 0 Å². The lowest BCUT2D eigenvalue weighted by atomic mass is 9.96. The van der Waals surface area contributed by atoms with E-state index < -0.39 is 0 Å². The van der Waals surface area contributed by atoms with Crippen LogP contribution in [0.15, 0.2) is 83.8 Å². The topological polar surface area (TPSA) is 66.7 Å². The molecule has 6 nitrogen and oxygen atoms in total. The Hall–Kier alpha value is -3.77. The van der Waals surface area contributed by atoms with Gasteiger partial charge in [0.1, 0.15) is 5.65 Å². The zero-order chi connectivity index (χ0) is 27.2. The molecule has 0 radical (unpaired) electrons. The Morgan fingerprint density at radius 3 is 2.54 bits per heavy atom. The van der Waals surface area contributed by atoms with E-state index in [-0.39, 0.29) is 17.5 Å². The van der Waals surface area contributed by atoms with Crippen molar-refractivity contribution in [1.82, 2.24) is 19.6 Å². The fourth-order valence-corrected chi connectivity index (χ4v) is 5.67. The van der Waals surface area contributed by atoms with Crippen LogP contribution >= 0.6 is 0 Å². The first-order valence-corrected chi connectivity index (χ1v) is 14.2. The minimum absolute atomic E-state index is 0.0154. The molecule has 2 aromatic heterocycles. The van der Waals surface area contributed by atoms with Crippen molar-refractivity contribution in [2.75, 3.05) is 13.1 Å². The number of nitrogens with one attached hydrogen (secondary N) is 1. The van der Waals surface area contributed by atoms with Gasteiger partial charge in [0, 0.05) is 36.3 Å². The molecule has 2 unspecified atom stereocenters. The fourth-order valence-electron chi connectivity index (χ4n) is 5.67. The number of nitrogens with zero attached hydrogens (tertiary/aromatic N) is 3. The molecule has 1 aliphatic heterocycles. The van der Waals surface area contributed by atoms with Gasteiger partial charge in [-0.3, -0.25) is 14.0 Å². The Morgan fingerprint density at radius 2 is 1.82 bits per heavy atom. The van der Waals surface area contributed by atoms with E-state index in [0.717, 1.165) is 30.5 Å². The van der Waals surface area contributed by atoms with Gasteiger partial charge in [0.05, 0.1) is 11.7 Å². The van der Waals surface area contributed by atoms with Gasteiger partial charge in [0.25, 0.3) is 11.5 Å². The zero-order valence-electron chi connectivity index (χ0n) is 23.0. The second-order valence-corrected chi connectivity index (χ2v) is 10.6. The van der Waals surface area contributed by atoms with Crippen LogP contribution in [0.2, 0.25) is 0 Å². The summed E-state index contributed by atoms with van der Waals surface area (Å²) in [5, 5.41) is 3.63. The Bertz CT molecular complexity index is 1460. The molecule has 4 aromatic rings. The number of aryl methyl sites for hydroxylation is 1. The van der Waals surface area contributed by atoms with Crippen LogP contribution in [0.5, 0.6) is 0 Å². The second kappa shape index (κ2) is 12.4. The number of carbonyl (C=O) groups excluding carboxylic acids is 1. The number of hydrogen-bond acceptors (Lipinski definition) is 4. The Kier molecular flexibility index (Phi) is 8.52. The van der Waals surface area contributed by atoms with Crippen molar-refractivity contribution in [3.8, 4) is 0 Å². The molecule has 0 bridgehead atoms. The third kappa shape index (κ3) is 6.12. The van der Waals surface area contributed by atoms with Gasteiger partial charge in [0.15, 0.2) is 0 Å². The molecule has 1 aliphatic rings. The van der Waals surface area contributed by atoms with Crippen LogP contribution in [-0.4, -0.2) is 39.3 Å². The van der Waals surface area contributed by atoms with Crippen LogP contribution in [0.1, 0.15) is 77.8 Å². The molecule has 6 heteroatoms. The lowest BCUT2D eigenvalue weighted by Gasteiger charge is -2.34. The van der Waals surface area contributed by atoms with Crippen molar-refractivity contribution in [3.63, 3.8) is 0 Å². The van der Waals surface area contributed by atoms with E-state index in [1.165, 1.54) is 12.8 Å². The Balaban J connectivity index is 1.59. The molecule has 2 aromatic carbocycles. The minimum Gasteiger partial charge on any atom is -0.330 e. The number of fused-ring (bicyclic) bond motifs is 1. The normalized spacial score (nSPS) is 16.2. The molecule has 202 valence electrons. The van der Waals surface area contributed by atoms with Crippen molar-refractivity contribution >= 4 is 11.6 Å². The Morgan fingerprint density at radius 1 is 1.05 bits per heavy atom. The summed E-state index contributed by atoms with van der Waals surface area (Å²) in [4.78, 5) is 35.0. The van der Waals surface area contributed by atoms with Gasteiger partial charge in [-0.2, -0.15) is 0 Å². The highest BCUT2D eigenvalue weighted by Gasteiger charge is 2.30. The van der Waals surface area contributed by atoms with Crippen LogP contribution in [-0.2, 0) is 6.42 Å². The molecular weight excluding hydrogens is 484 g/mol. The van der Waals surface area contributed by atoms with Crippen LogP contribution in [0.25, 0.3) is 5.65 Å². The van der Waals surface area contributed by atoms with Gasteiger partial charge < -0.3 is 10.2 Å². The SMILES string of the molecule is CCC(c1nc2ccccn2c(=O)c1Cc1ccccc1)N(CCC1CCCCN1)C(=O)c1ccc(C)cc1. The highest BCUT2D eigenvalue weighted by atomic mass is 16.2. The van der Waals surface area contributed by atoms with Crippen LogP contribution in [0, 0.1) is 6.92 Å². The van der Waals surface area contributed by atoms with Gasteiger partial charge in [-0.15, -0.1) is 0 Å². The first kappa shape index (κ1) is 26.8. The molecule has 3 heterocycles. The lowest BCUT2D eigenvalue weighted by Crippen LogP contribution is -2.42. The van der Waals surface area contributed by atoms with E-state index in [1.54, 1.807) is 10.6 Å². The summed E-state index contributed by atoms with van der Waals surface area (Å²) in [5.41, 5.74) is 4.71. The van der Waals surface area contributed by atoms with Crippen molar-refractivity contribution in [2.45, 2.75) is 64.5 Å². The highest BCUT2D eigenvalue weighted by molar-refractivity contribution is 5.94. The van der Waals surface area contributed by atoms with E-state index in [1.807, 2.05) is 84.6 Å². The van der Waals surface area contributed by atoms with Gasteiger partial charge in [0.2, 0.25) is 0 Å². The number of piperidine rings is 1. The average molecular weight is 523 g/mol. The molecule has 1 N–H and O–H groups in total. The summed E-state index contributed by atoms with van der Waals surface area (Å²) in [5.74, 6) is -0.0154. The van der Waals surface area contributed by atoms with Crippen molar-refractivity contribution in [3.05, 3.63) is 117 Å². The summed E-state index contributed by atoms with van der Waals surface area (Å²) < 4.78 is 1.62. The summed E-state index contributed by atoms with van der Waals surface area (Å²) in [7, 11) is 0. The third-order valence-electron chi connectivity index (χ3n) is 7.85. The minimum atomic E-state index is -0.320. The number of hydrogen-bond donors (Lipinski definition) is 1. The van der Waals surface area contributed by atoms with E-state index in [0.29, 0.717) is 47.9 Å². The number of carbonyl (C=O) groups is 1. The van der Waals surface area contributed by atoms with E-state index >= 15 is 0 Å². The molecule has 0 aliphatic carbocycles. The average Bonchev–Trinajstić information content (AvgIpc) is 2.98. The maximum atomic E-state index is 14.1. The molecule has 0 saturated carbocycles. The summed E-state index contributed by atoms with van der Waals surface area (Å²) in [6.45, 7) is 5.74. The monoisotopic (exact) mass is 522 g/mol. The summed E-state index contributed by atoms with van der Waals surface area (Å²) in [6.07, 6.45) is 7.31. The molecule has 39 heavy (non-hydrogen) atoms. The van der Waals surface area contributed by atoms with E-state index in [2.05, 4.69) is 12.2 Å². The second-order valence-electron chi connectivity index (χ2n) is 10.6. The molecule has 1 amide bonds. The number of amides is 1. The first-order valence-electron chi connectivity index (χ1n) is 14.2. The number of aromatic nitrogens is 2. The number of pyridine rings is 1. The molecular formula is C33H38N4O2. The first-order chi connectivity index (χ1) is 19.0. The summed E-state index contributed by atoms with van der Waals surface area (Å²) in [6, 6.07) is 23.5. The summed E-state index contributed by atoms with van der Waals surface area (Å²) >= 11 is 0. The number of rotatable bonds is 9. The fraction of sp³-hybridized carbons (Fsp3) is 0.364. The molecule has 5 rings (SSSR count). The lowest BCUT2D eigenvalue weighted by molar-refractivity contribution is 0.0653. The smallest absolute Gasteiger partial charge is 0.261 e. The zero-order valence-corrected chi connectivity index (χ0v) is 23.0. The molecule has 1 saturated heterocycles. The maximum absolute atomic E-state index is 14.1. The van der Waals surface area contributed by atoms with Gasteiger partial charge in [-0.1, -0.05) is 67.4 Å². The van der Waals surface area contributed by atoms with Crippen LogP contribution in [0.3, 0.4) is 0 Å². The predicted octanol–water partition coefficient (Wildman–Crippen LogP) is 5.72. The van der Waals surface area contributed by atoms with Crippen molar-refractivity contribution in [2.24, 2.45) is 0 Å². The highest BCUT2D eigenvalue weighted by Crippen LogP contribution is 2.29. The van der Waals surface area contributed by atoms with E-state index in [4.69, 9.17) is 4.98 Å². The third-order valence-corrected chi connectivity index (χ3v) is 7.85. The quantitative estimate of drug-likeness (QED) is 0.305. The van der Waals surface area contributed by atoms with Crippen LogP contribution < -0.4 is 10.9 Å². The van der Waals surface area contributed by atoms with Crippen molar-refractivity contribution in [1.29, 1.82) is 0 Å². The molecule has 1 fully saturated rings. The predicted molar refractivity (Wildman–Crippen MR) is 156 cm³/mol. The maximum Gasteiger partial charge on any atom is 0.261 e.